The lowest BCUT2D eigenvalue weighted by atomic mass is 10.1. The number of halogens is 1. The average Bonchev–Trinajstić information content (AvgIpc) is 2.85. The standard InChI is InChI=1S/C22H36BrN5O8S2/c1-5-38(34,35)21-17-19(28(30)31)18(16-20(21)27(7-6-23)14-15-36-37(4,32)33)22(29)25(3)10-13-26-11-8-24(2)9-12-26/h16-17H,5-15H2,1-4H3. The van der Waals surface area contributed by atoms with Crippen LogP contribution in [0.1, 0.15) is 17.3 Å². The molecule has 1 amide bonds. The molecule has 0 radical (unpaired) electrons. The van der Waals surface area contributed by atoms with Gasteiger partial charge in [0.25, 0.3) is 21.7 Å². The van der Waals surface area contributed by atoms with E-state index in [0.29, 0.717) is 18.4 Å². The molecule has 1 aromatic carbocycles. The number of amides is 1. The molecule has 0 unspecified atom stereocenters. The van der Waals surface area contributed by atoms with E-state index in [2.05, 4.69) is 25.7 Å². The maximum Gasteiger partial charge on any atom is 0.283 e. The minimum atomic E-state index is -3.95. The fraction of sp³-hybridized carbons (Fsp3) is 0.682. The minimum Gasteiger partial charge on any atom is -0.367 e. The van der Waals surface area contributed by atoms with Crippen molar-refractivity contribution < 1.29 is 30.7 Å². The summed E-state index contributed by atoms with van der Waals surface area (Å²) in [5.41, 5.74) is -0.780. The Balaban J connectivity index is 2.48. The van der Waals surface area contributed by atoms with Gasteiger partial charge in [-0.25, -0.2) is 8.42 Å². The van der Waals surface area contributed by atoms with Gasteiger partial charge < -0.3 is 14.7 Å². The monoisotopic (exact) mass is 641 g/mol. The van der Waals surface area contributed by atoms with Gasteiger partial charge in [-0.1, -0.05) is 22.9 Å². The molecule has 0 saturated carbocycles. The third-order valence-electron chi connectivity index (χ3n) is 6.27. The van der Waals surface area contributed by atoms with Crippen LogP contribution in [0.15, 0.2) is 17.0 Å². The molecule has 0 bridgehead atoms. The van der Waals surface area contributed by atoms with E-state index < -0.39 is 36.5 Å². The van der Waals surface area contributed by atoms with Gasteiger partial charge in [0, 0.05) is 70.8 Å². The van der Waals surface area contributed by atoms with Crippen molar-refractivity contribution >= 4 is 53.2 Å². The van der Waals surface area contributed by atoms with Crippen LogP contribution in [-0.2, 0) is 24.1 Å². The Kier molecular flexibility index (Phi) is 11.9. The van der Waals surface area contributed by atoms with Crippen molar-refractivity contribution in [1.82, 2.24) is 14.7 Å². The summed E-state index contributed by atoms with van der Waals surface area (Å²) < 4.78 is 53.6. The van der Waals surface area contributed by atoms with Gasteiger partial charge in [-0.05, 0) is 13.1 Å². The van der Waals surface area contributed by atoms with Crippen molar-refractivity contribution in [2.45, 2.75) is 11.8 Å². The number of nitrogens with zero attached hydrogens (tertiary/aromatic N) is 5. The van der Waals surface area contributed by atoms with Crippen molar-refractivity contribution in [3.05, 3.63) is 27.8 Å². The van der Waals surface area contributed by atoms with E-state index in [9.17, 15) is 31.7 Å². The number of likely N-dealkylation sites (N-methyl/N-ethyl adjacent to an activating group) is 2. The van der Waals surface area contributed by atoms with E-state index >= 15 is 0 Å². The van der Waals surface area contributed by atoms with Crippen molar-refractivity contribution in [2.24, 2.45) is 0 Å². The lowest BCUT2D eigenvalue weighted by molar-refractivity contribution is -0.385. The van der Waals surface area contributed by atoms with Crippen LogP contribution in [0.25, 0.3) is 0 Å². The summed E-state index contributed by atoms with van der Waals surface area (Å²) in [6, 6.07) is 2.15. The molecule has 0 N–H and O–H groups in total. The molecular formula is C22H36BrN5O8S2. The van der Waals surface area contributed by atoms with Crippen LogP contribution in [-0.4, -0.2) is 133 Å². The van der Waals surface area contributed by atoms with E-state index in [-0.39, 0.29) is 41.6 Å². The fourth-order valence-electron chi connectivity index (χ4n) is 3.96. The SMILES string of the molecule is CCS(=O)(=O)c1cc([N+](=O)[O-])c(C(=O)N(C)CCN2CCN(C)CC2)cc1N(CCBr)CCOS(C)(=O)=O. The number of carbonyl (C=O) groups excluding carboxylic acids is 1. The molecule has 1 aliphatic heterocycles. The molecule has 1 aromatic rings. The molecule has 16 heteroatoms. The molecule has 1 saturated heterocycles. The Labute approximate surface area is 233 Å². The van der Waals surface area contributed by atoms with E-state index in [1.807, 2.05) is 7.05 Å². The Morgan fingerprint density at radius 3 is 2.29 bits per heavy atom. The van der Waals surface area contributed by atoms with Crippen LogP contribution >= 0.6 is 15.9 Å². The Morgan fingerprint density at radius 1 is 1.13 bits per heavy atom. The van der Waals surface area contributed by atoms with Crippen LogP contribution in [0.4, 0.5) is 11.4 Å². The highest BCUT2D eigenvalue weighted by molar-refractivity contribution is 9.09. The van der Waals surface area contributed by atoms with Gasteiger partial charge in [-0.2, -0.15) is 8.42 Å². The molecule has 216 valence electrons. The van der Waals surface area contributed by atoms with Crippen LogP contribution in [0.3, 0.4) is 0 Å². The summed E-state index contributed by atoms with van der Waals surface area (Å²) in [6.07, 6.45) is 0.898. The number of anilines is 1. The quantitative estimate of drug-likeness (QED) is 0.123. The molecule has 13 nitrogen and oxygen atoms in total. The van der Waals surface area contributed by atoms with Crippen molar-refractivity contribution in [2.75, 3.05) is 95.3 Å². The molecule has 0 spiro atoms. The largest absolute Gasteiger partial charge is 0.367 e. The molecular weight excluding hydrogens is 606 g/mol. The van der Waals surface area contributed by atoms with E-state index in [1.165, 1.54) is 22.8 Å². The first kappa shape index (κ1) is 32.4. The molecule has 1 fully saturated rings. The smallest absolute Gasteiger partial charge is 0.283 e. The number of sulfone groups is 1. The number of hydrogen-bond donors (Lipinski definition) is 0. The topological polar surface area (TPSA) is 151 Å². The summed E-state index contributed by atoms with van der Waals surface area (Å²) in [6.45, 7) is 5.78. The predicted molar refractivity (Wildman–Crippen MR) is 149 cm³/mol. The van der Waals surface area contributed by atoms with E-state index in [0.717, 1.165) is 38.5 Å². The maximum absolute atomic E-state index is 13.4. The molecule has 38 heavy (non-hydrogen) atoms. The van der Waals surface area contributed by atoms with Crippen LogP contribution in [0, 0.1) is 10.1 Å². The maximum atomic E-state index is 13.4. The molecule has 2 rings (SSSR count). The number of nitro groups is 1. The van der Waals surface area contributed by atoms with E-state index in [4.69, 9.17) is 4.18 Å². The van der Waals surface area contributed by atoms with Gasteiger partial charge in [0.2, 0.25) is 0 Å². The number of carbonyl (C=O) groups is 1. The van der Waals surface area contributed by atoms with Gasteiger partial charge >= 0.3 is 0 Å². The summed E-state index contributed by atoms with van der Waals surface area (Å²) in [7, 11) is -4.10. The number of alkyl halides is 1. The number of nitro benzene ring substituents is 1. The van der Waals surface area contributed by atoms with Gasteiger partial charge in [-0.3, -0.25) is 24.0 Å². The number of hydrogen-bond acceptors (Lipinski definition) is 11. The third-order valence-corrected chi connectivity index (χ3v) is 8.97. The number of benzene rings is 1. The summed E-state index contributed by atoms with van der Waals surface area (Å²) in [4.78, 5) is 31.7. The summed E-state index contributed by atoms with van der Waals surface area (Å²) >= 11 is 3.30. The summed E-state index contributed by atoms with van der Waals surface area (Å²) in [5.74, 6) is -0.934. The second kappa shape index (κ2) is 14.0. The normalized spacial score (nSPS) is 15.4. The molecule has 1 heterocycles. The van der Waals surface area contributed by atoms with Crippen molar-refractivity contribution in [3.8, 4) is 0 Å². The first-order chi connectivity index (χ1) is 17.7. The zero-order chi connectivity index (χ0) is 28.7. The number of piperazine rings is 1. The average molecular weight is 643 g/mol. The van der Waals surface area contributed by atoms with Gasteiger partial charge in [0.05, 0.1) is 34.1 Å². The molecule has 0 atom stereocenters. The molecule has 0 aromatic heterocycles. The van der Waals surface area contributed by atoms with Crippen LogP contribution in [0.5, 0.6) is 0 Å². The Hall–Kier alpha value is -1.85. The van der Waals surface area contributed by atoms with Crippen LogP contribution in [0.2, 0.25) is 0 Å². The molecule has 0 aliphatic carbocycles. The highest BCUT2D eigenvalue weighted by Crippen LogP contribution is 2.34. The van der Waals surface area contributed by atoms with Gasteiger partial charge in [0.1, 0.15) is 5.56 Å². The Morgan fingerprint density at radius 2 is 1.76 bits per heavy atom. The highest BCUT2D eigenvalue weighted by Gasteiger charge is 2.31. The summed E-state index contributed by atoms with van der Waals surface area (Å²) in [5, 5.41) is 12.3. The van der Waals surface area contributed by atoms with Crippen LogP contribution < -0.4 is 4.90 Å². The van der Waals surface area contributed by atoms with E-state index in [1.54, 1.807) is 7.05 Å². The molecule has 1 aliphatic rings. The first-order valence-electron chi connectivity index (χ1n) is 12.1. The van der Waals surface area contributed by atoms with Gasteiger partial charge in [0.15, 0.2) is 9.84 Å². The number of rotatable bonds is 14. The fourth-order valence-corrected chi connectivity index (χ4v) is 5.87. The zero-order valence-electron chi connectivity index (χ0n) is 22.1. The van der Waals surface area contributed by atoms with Crippen molar-refractivity contribution in [1.29, 1.82) is 0 Å². The zero-order valence-corrected chi connectivity index (χ0v) is 25.3. The first-order valence-corrected chi connectivity index (χ1v) is 16.7. The highest BCUT2D eigenvalue weighted by atomic mass is 79.9. The lowest BCUT2D eigenvalue weighted by Gasteiger charge is -2.33. The third kappa shape index (κ3) is 9.12. The second-order valence-corrected chi connectivity index (χ2v) is 13.8. The predicted octanol–water partition coefficient (Wildman–Crippen LogP) is 0.885. The second-order valence-electron chi connectivity index (χ2n) is 9.07. The Bertz CT molecular complexity index is 1200. The van der Waals surface area contributed by atoms with Crippen molar-refractivity contribution in [3.63, 3.8) is 0 Å². The minimum absolute atomic E-state index is 0.0322. The van der Waals surface area contributed by atoms with Gasteiger partial charge in [-0.15, -0.1) is 0 Å². The lowest BCUT2D eigenvalue weighted by Crippen LogP contribution is -2.47.